The maximum atomic E-state index is 5.75. The highest BCUT2D eigenvalue weighted by atomic mass is 32.1. The topological polar surface area (TPSA) is 59.6 Å². The van der Waals surface area contributed by atoms with Gasteiger partial charge >= 0.3 is 0 Å². The lowest BCUT2D eigenvalue weighted by Crippen LogP contribution is -2.15. The molecule has 0 aliphatic carbocycles. The minimum atomic E-state index is -0.254. The number of imidazole rings is 1. The summed E-state index contributed by atoms with van der Waals surface area (Å²) in [6, 6.07) is 5.99. The number of ether oxygens (including phenoxy) is 3. The van der Waals surface area contributed by atoms with Crippen LogP contribution >= 0.6 is 12.6 Å². The summed E-state index contributed by atoms with van der Waals surface area (Å²) < 4.78 is 17.2. The molecule has 1 heterocycles. The van der Waals surface area contributed by atoms with Gasteiger partial charge in [0.1, 0.15) is 11.6 Å². The minimum absolute atomic E-state index is 0.254. The normalized spacial score (nSPS) is 12.1. The van der Waals surface area contributed by atoms with Gasteiger partial charge in [0.05, 0.1) is 36.6 Å². The SMILES string of the molecule is CCOc1cc2nc(C(S)c3c(N(C)C)cc(C)c(OC)c3C)[nH]c2cc1OCC. The lowest BCUT2D eigenvalue weighted by atomic mass is 9.97. The van der Waals surface area contributed by atoms with E-state index in [2.05, 4.69) is 29.8 Å². The summed E-state index contributed by atoms with van der Waals surface area (Å²) >= 11 is 4.97. The van der Waals surface area contributed by atoms with Gasteiger partial charge in [-0.2, -0.15) is 12.6 Å². The number of methoxy groups -OCH3 is 1. The molecule has 0 spiro atoms. The molecule has 0 bridgehead atoms. The van der Waals surface area contributed by atoms with Crippen molar-refractivity contribution >= 4 is 29.3 Å². The number of hydrogen-bond acceptors (Lipinski definition) is 6. The van der Waals surface area contributed by atoms with Gasteiger partial charge in [-0.3, -0.25) is 0 Å². The number of benzene rings is 2. The maximum Gasteiger partial charge on any atom is 0.163 e. The Bertz CT molecular complexity index is 1000. The molecule has 0 saturated heterocycles. The number of nitrogens with zero attached hydrogens (tertiary/aromatic N) is 2. The average Bonchev–Trinajstić information content (AvgIpc) is 3.11. The van der Waals surface area contributed by atoms with Crippen LogP contribution in [0.1, 0.15) is 41.6 Å². The van der Waals surface area contributed by atoms with E-state index in [4.69, 9.17) is 31.8 Å². The molecule has 1 atom stereocenters. The van der Waals surface area contributed by atoms with Crippen LogP contribution in [0.2, 0.25) is 0 Å². The van der Waals surface area contributed by atoms with E-state index in [1.807, 2.05) is 40.1 Å². The third-order valence-electron chi connectivity index (χ3n) is 5.12. The number of aromatic nitrogens is 2. The quantitative estimate of drug-likeness (QED) is 0.490. The molecule has 7 heteroatoms. The summed E-state index contributed by atoms with van der Waals surface area (Å²) in [5, 5.41) is -0.254. The van der Waals surface area contributed by atoms with Crippen molar-refractivity contribution in [1.29, 1.82) is 0 Å². The Balaban J connectivity index is 2.14. The van der Waals surface area contributed by atoms with Crippen LogP contribution in [-0.4, -0.2) is 44.4 Å². The molecule has 162 valence electrons. The predicted octanol–water partition coefficient (Wildman–Crippen LogP) is 5.07. The summed E-state index contributed by atoms with van der Waals surface area (Å²) in [5.74, 6) is 3.05. The Kier molecular flexibility index (Phi) is 6.71. The van der Waals surface area contributed by atoms with Crippen molar-refractivity contribution in [2.24, 2.45) is 0 Å². The fourth-order valence-corrected chi connectivity index (χ4v) is 4.28. The molecule has 6 nitrogen and oxygen atoms in total. The number of anilines is 1. The van der Waals surface area contributed by atoms with Crippen LogP contribution in [0.25, 0.3) is 11.0 Å². The zero-order chi connectivity index (χ0) is 22.0. The Morgan fingerprint density at radius 3 is 2.27 bits per heavy atom. The smallest absolute Gasteiger partial charge is 0.163 e. The Morgan fingerprint density at radius 2 is 1.70 bits per heavy atom. The van der Waals surface area contributed by atoms with Gasteiger partial charge < -0.3 is 24.1 Å². The van der Waals surface area contributed by atoms with E-state index in [1.165, 1.54) is 0 Å². The molecule has 1 N–H and O–H groups in total. The fraction of sp³-hybridized carbons (Fsp3) is 0.435. The highest BCUT2D eigenvalue weighted by molar-refractivity contribution is 7.80. The van der Waals surface area contributed by atoms with Crippen molar-refractivity contribution in [3.8, 4) is 17.2 Å². The van der Waals surface area contributed by atoms with Gasteiger partial charge in [-0.05, 0) is 44.9 Å². The number of aromatic amines is 1. The monoisotopic (exact) mass is 429 g/mol. The van der Waals surface area contributed by atoms with Crippen molar-refractivity contribution in [1.82, 2.24) is 9.97 Å². The first-order chi connectivity index (χ1) is 14.3. The van der Waals surface area contributed by atoms with Crippen molar-refractivity contribution < 1.29 is 14.2 Å². The van der Waals surface area contributed by atoms with Crippen molar-refractivity contribution in [3.63, 3.8) is 0 Å². The van der Waals surface area contributed by atoms with Gasteiger partial charge in [0.15, 0.2) is 11.5 Å². The molecule has 2 aromatic carbocycles. The summed E-state index contributed by atoms with van der Waals surface area (Å²) in [6.45, 7) is 9.17. The van der Waals surface area contributed by atoms with Gasteiger partial charge in [-0.1, -0.05) is 0 Å². The van der Waals surface area contributed by atoms with E-state index < -0.39 is 0 Å². The standard InChI is InChI=1S/C23H31N3O3S/c1-8-28-18-11-15-16(12-19(18)29-9-2)25-23(24-15)22(30)20-14(4)21(27-7)13(3)10-17(20)26(5)6/h10-12,22,30H,8-9H2,1-7H3,(H,24,25). The molecular formula is C23H31N3O3S. The first kappa shape index (κ1) is 22.2. The molecule has 30 heavy (non-hydrogen) atoms. The molecule has 0 aliphatic rings. The third-order valence-corrected chi connectivity index (χ3v) is 5.62. The molecule has 3 rings (SSSR count). The van der Waals surface area contributed by atoms with Crippen molar-refractivity contribution in [3.05, 3.63) is 40.7 Å². The number of thiol groups is 1. The second kappa shape index (κ2) is 9.08. The molecular weight excluding hydrogens is 398 g/mol. The summed E-state index contributed by atoms with van der Waals surface area (Å²) in [4.78, 5) is 10.3. The van der Waals surface area contributed by atoms with E-state index in [1.54, 1.807) is 7.11 Å². The van der Waals surface area contributed by atoms with Crippen LogP contribution in [0.4, 0.5) is 5.69 Å². The van der Waals surface area contributed by atoms with Crippen LogP contribution in [0.3, 0.4) is 0 Å². The highest BCUT2D eigenvalue weighted by Gasteiger charge is 2.24. The second-order valence-corrected chi connectivity index (χ2v) is 7.90. The van der Waals surface area contributed by atoms with Gasteiger partial charge in [-0.15, -0.1) is 0 Å². The number of nitrogens with one attached hydrogen (secondary N) is 1. The second-order valence-electron chi connectivity index (χ2n) is 7.39. The van der Waals surface area contributed by atoms with Gasteiger partial charge in [-0.25, -0.2) is 4.98 Å². The third kappa shape index (κ3) is 4.03. The average molecular weight is 430 g/mol. The van der Waals surface area contributed by atoms with E-state index >= 15 is 0 Å². The van der Waals surface area contributed by atoms with Gasteiger partial charge in [0, 0.05) is 37.5 Å². The van der Waals surface area contributed by atoms with E-state index in [0.717, 1.165) is 45.0 Å². The summed E-state index contributed by atoms with van der Waals surface area (Å²) in [5.41, 5.74) is 6.02. The van der Waals surface area contributed by atoms with Gasteiger partial charge in [0.2, 0.25) is 0 Å². The lowest BCUT2D eigenvalue weighted by Gasteiger charge is -2.25. The van der Waals surface area contributed by atoms with E-state index in [0.29, 0.717) is 24.7 Å². The molecule has 3 aromatic rings. The Labute approximate surface area is 184 Å². The zero-order valence-corrected chi connectivity index (χ0v) is 19.7. The van der Waals surface area contributed by atoms with Crippen molar-refractivity contribution in [2.75, 3.05) is 39.3 Å². The van der Waals surface area contributed by atoms with Crippen LogP contribution in [-0.2, 0) is 0 Å². The first-order valence-corrected chi connectivity index (χ1v) is 10.7. The Hall–Kier alpha value is -2.54. The zero-order valence-electron chi connectivity index (χ0n) is 18.8. The molecule has 0 saturated carbocycles. The van der Waals surface area contributed by atoms with Crippen LogP contribution in [0, 0.1) is 13.8 Å². The van der Waals surface area contributed by atoms with Crippen LogP contribution in [0.5, 0.6) is 17.2 Å². The van der Waals surface area contributed by atoms with Gasteiger partial charge in [0.25, 0.3) is 0 Å². The molecule has 0 amide bonds. The fourth-order valence-electron chi connectivity index (χ4n) is 3.83. The van der Waals surface area contributed by atoms with E-state index in [-0.39, 0.29) is 5.25 Å². The lowest BCUT2D eigenvalue weighted by molar-refractivity contribution is 0.288. The number of hydrogen-bond donors (Lipinski definition) is 2. The maximum absolute atomic E-state index is 5.75. The van der Waals surface area contributed by atoms with E-state index in [9.17, 15) is 0 Å². The number of rotatable bonds is 8. The summed E-state index contributed by atoms with van der Waals surface area (Å²) in [7, 11) is 5.77. The minimum Gasteiger partial charge on any atom is -0.496 e. The molecule has 1 unspecified atom stereocenters. The largest absolute Gasteiger partial charge is 0.496 e. The molecule has 0 aliphatic heterocycles. The number of H-pyrrole nitrogens is 1. The highest BCUT2D eigenvalue weighted by Crippen LogP contribution is 2.42. The predicted molar refractivity (Wildman–Crippen MR) is 126 cm³/mol. The number of fused-ring (bicyclic) bond motifs is 1. The molecule has 0 radical (unpaired) electrons. The molecule has 1 aromatic heterocycles. The summed E-state index contributed by atoms with van der Waals surface area (Å²) in [6.07, 6.45) is 0. The number of aryl methyl sites for hydroxylation is 1. The molecule has 0 fully saturated rings. The van der Waals surface area contributed by atoms with Crippen LogP contribution < -0.4 is 19.1 Å². The first-order valence-electron chi connectivity index (χ1n) is 10.1. The Morgan fingerprint density at radius 1 is 1.07 bits per heavy atom. The van der Waals surface area contributed by atoms with Crippen molar-refractivity contribution in [2.45, 2.75) is 32.9 Å². The van der Waals surface area contributed by atoms with Crippen LogP contribution in [0.15, 0.2) is 18.2 Å².